The fraction of sp³-hybridized carbons (Fsp3) is 0.231. The highest BCUT2D eigenvalue weighted by Gasteiger charge is 2.16. The molecule has 0 bridgehead atoms. The maximum absolute atomic E-state index is 11.9. The van der Waals surface area contributed by atoms with Gasteiger partial charge in [0.25, 0.3) is 5.91 Å². The molecule has 1 amide bonds. The van der Waals surface area contributed by atoms with Crippen molar-refractivity contribution in [1.29, 1.82) is 0 Å². The Morgan fingerprint density at radius 1 is 1.40 bits per heavy atom. The Morgan fingerprint density at radius 3 is 2.70 bits per heavy atom. The van der Waals surface area contributed by atoms with Gasteiger partial charge in [0.15, 0.2) is 11.5 Å². The van der Waals surface area contributed by atoms with Gasteiger partial charge in [-0.15, -0.1) is 0 Å². The molecule has 2 aromatic rings. The Kier molecular flexibility index (Phi) is 3.80. The predicted molar refractivity (Wildman–Crippen MR) is 80.0 cm³/mol. The van der Waals surface area contributed by atoms with E-state index in [0.29, 0.717) is 17.1 Å². The van der Waals surface area contributed by atoms with E-state index < -0.39 is 0 Å². The molecule has 20 heavy (non-hydrogen) atoms. The van der Waals surface area contributed by atoms with E-state index in [1.165, 1.54) is 9.58 Å². The number of carbonyl (C=O) groups is 1. The summed E-state index contributed by atoms with van der Waals surface area (Å²) in [6.07, 6.45) is 3.32. The number of aryl methyl sites for hydroxylation is 1. The molecule has 0 atom stereocenters. The largest absolute Gasteiger partial charge is 0.389 e. The lowest BCUT2D eigenvalue weighted by Gasteiger charge is -2.10. The van der Waals surface area contributed by atoms with Crippen LogP contribution in [0.3, 0.4) is 0 Å². The van der Waals surface area contributed by atoms with Gasteiger partial charge >= 0.3 is 0 Å². The minimum atomic E-state index is -0.173. The second-order valence-corrected chi connectivity index (χ2v) is 4.98. The van der Waals surface area contributed by atoms with Crippen LogP contribution in [-0.4, -0.2) is 44.7 Å². The first-order valence-electron chi connectivity index (χ1n) is 5.95. The number of rotatable bonds is 3. The summed E-state index contributed by atoms with van der Waals surface area (Å²) in [5, 5.41) is 4.23. The quantitative estimate of drug-likeness (QED) is 0.850. The molecule has 2 aromatic heterocycles. The lowest BCUT2D eigenvalue weighted by Crippen LogP contribution is -2.22. The van der Waals surface area contributed by atoms with Crippen LogP contribution in [0.5, 0.6) is 0 Å². The number of thiocarbonyl (C=S) groups is 1. The zero-order chi connectivity index (χ0) is 14.9. The third-order valence-electron chi connectivity index (χ3n) is 2.82. The fourth-order valence-corrected chi connectivity index (χ4v) is 2.06. The molecular formula is C13H15N5OS. The first-order valence-corrected chi connectivity index (χ1v) is 6.35. The van der Waals surface area contributed by atoms with Gasteiger partial charge in [0, 0.05) is 26.5 Å². The van der Waals surface area contributed by atoms with Crippen LogP contribution in [-0.2, 0) is 0 Å². The third kappa shape index (κ3) is 2.53. The van der Waals surface area contributed by atoms with E-state index in [-0.39, 0.29) is 10.9 Å². The average Bonchev–Trinajstić information content (AvgIpc) is 2.86. The Labute approximate surface area is 122 Å². The molecule has 2 rings (SSSR count). The molecule has 104 valence electrons. The fourth-order valence-electron chi connectivity index (χ4n) is 1.81. The Balaban J connectivity index is 2.51. The van der Waals surface area contributed by atoms with Gasteiger partial charge in [0.2, 0.25) is 0 Å². The Morgan fingerprint density at radius 2 is 2.10 bits per heavy atom. The van der Waals surface area contributed by atoms with Gasteiger partial charge in [-0.05, 0) is 24.6 Å². The number of carbonyl (C=O) groups excluding carboxylic acids is 1. The predicted octanol–water partition coefficient (Wildman–Crippen LogP) is 0.912. The molecule has 0 aliphatic carbocycles. The van der Waals surface area contributed by atoms with Crippen molar-refractivity contribution >= 4 is 23.1 Å². The minimum absolute atomic E-state index is 0.173. The number of nitrogens with two attached hydrogens (primary N) is 1. The molecule has 0 radical (unpaired) electrons. The van der Waals surface area contributed by atoms with Crippen molar-refractivity contribution in [3.8, 4) is 5.82 Å². The summed E-state index contributed by atoms with van der Waals surface area (Å²) in [4.78, 5) is 17.8. The topological polar surface area (TPSA) is 77.0 Å². The van der Waals surface area contributed by atoms with Crippen molar-refractivity contribution in [2.75, 3.05) is 14.1 Å². The second kappa shape index (κ2) is 5.38. The molecule has 0 spiro atoms. The van der Waals surface area contributed by atoms with Crippen molar-refractivity contribution in [1.82, 2.24) is 19.7 Å². The molecule has 6 nitrogen and oxygen atoms in total. The van der Waals surface area contributed by atoms with Crippen LogP contribution in [0.25, 0.3) is 5.82 Å². The summed E-state index contributed by atoms with van der Waals surface area (Å²) in [6.45, 7) is 1.90. The van der Waals surface area contributed by atoms with Gasteiger partial charge in [-0.2, -0.15) is 5.10 Å². The van der Waals surface area contributed by atoms with Gasteiger partial charge in [-0.3, -0.25) is 4.79 Å². The van der Waals surface area contributed by atoms with E-state index in [9.17, 15) is 4.79 Å². The van der Waals surface area contributed by atoms with Crippen molar-refractivity contribution in [2.45, 2.75) is 6.92 Å². The van der Waals surface area contributed by atoms with Crippen LogP contribution in [0, 0.1) is 6.92 Å². The summed E-state index contributed by atoms with van der Waals surface area (Å²) < 4.78 is 1.51. The summed E-state index contributed by atoms with van der Waals surface area (Å²) in [5.74, 6) is 0.351. The maximum Gasteiger partial charge on any atom is 0.273 e. The minimum Gasteiger partial charge on any atom is -0.389 e. The summed E-state index contributed by atoms with van der Waals surface area (Å²) in [7, 11) is 3.35. The van der Waals surface area contributed by atoms with Crippen molar-refractivity contribution < 1.29 is 4.79 Å². The van der Waals surface area contributed by atoms with Crippen LogP contribution in [0.1, 0.15) is 21.6 Å². The highest BCUT2D eigenvalue weighted by Crippen LogP contribution is 2.16. The SMILES string of the molecule is Cc1ccnc(-n2ccc(C(=O)N(C)C)n2)c1C(N)=S. The molecule has 0 fully saturated rings. The molecule has 2 N–H and O–H groups in total. The molecule has 0 saturated carbocycles. The number of pyridine rings is 1. The highest BCUT2D eigenvalue weighted by atomic mass is 32.1. The van der Waals surface area contributed by atoms with Gasteiger partial charge in [-0.25, -0.2) is 9.67 Å². The summed E-state index contributed by atoms with van der Waals surface area (Å²) in [6, 6.07) is 3.46. The van der Waals surface area contributed by atoms with Crippen LogP contribution in [0.4, 0.5) is 0 Å². The molecule has 7 heteroatoms. The Bertz CT molecular complexity index is 677. The number of hydrogen-bond acceptors (Lipinski definition) is 4. The number of amides is 1. The molecule has 2 heterocycles. The molecule has 0 unspecified atom stereocenters. The standard InChI is InChI=1S/C13H15N5OS/c1-8-4-6-15-12(10(8)11(14)20)18-7-5-9(16-18)13(19)17(2)3/h4-7H,1-3H3,(H2,14,20). The third-order valence-corrected chi connectivity index (χ3v) is 3.02. The molecular weight excluding hydrogens is 274 g/mol. The van der Waals surface area contributed by atoms with Crippen LogP contribution >= 0.6 is 12.2 Å². The van der Waals surface area contributed by atoms with Crippen molar-refractivity contribution in [3.05, 3.63) is 41.3 Å². The summed E-state index contributed by atoms with van der Waals surface area (Å²) >= 11 is 5.06. The van der Waals surface area contributed by atoms with Crippen LogP contribution < -0.4 is 5.73 Å². The highest BCUT2D eigenvalue weighted by molar-refractivity contribution is 7.80. The number of nitrogens with zero attached hydrogens (tertiary/aromatic N) is 4. The lowest BCUT2D eigenvalue weighted by atomic mass is 10.1. The molecule has 0 aliphatic heterocycles. The zero-order valence-electron chi connectivity index (χ0n) is 11.5. The number of hydrogen-bond donors (Lipinski definition) is 1. The van der Waals surface area contributed by atoms with Gasteiger partial charge in [-0.1, -0.05) is 12.2 Å². The van der Waals surface area contributed by atoms with E-state index in [1.54, 1.807) is 32.6 Å². The average molecular weight is 289 g/mol. The molecule has 0 aliphatic rings. The van der Waals surface area contributed by atoms with E-state index in [4.69, 9.17) is 18.0 Å². The van der Waals surface area contributed by atoms with E-state index >= 15 is 0 Å². The van der Waals surface area contributed by atoms with E-state index in [2.05, 4.69) is 10.1 Å². The van der Waals surface area contributed by atoms with Crippen LogP contribution in [0.15, 0.2) is 24.5 Å². The second-order valence-electron chi connectivity index (χ2n) is 4.54. The van der Waals surface area contributed by atoms with Gasteiger partial charge in [0.1, 0.15) is 4.99 Å². The van der Waals surface area contributed by atoms with Crippen molar-refractivity contribution in [3.63, 3.8) is 0 Å². The number of aromatic nitrogens is 3. The zero-order valence-corrected chi connectivity index (χ0v) is 12.3. The monoisotopic (exact) mass is 289 g/mol. The van der Waals surface area contributed by atoms with E-state index in [1.807, 2.05) is 13.0 Å². The first-order chi connectivity index (χ1) is 9.41. The first kappa shape index (κ1) is 14.1. The maximum atomic E-state index is 11.9. The van der Waals surface area contributed by atoms with Gasteiger partial charge in [0.05, 0.1) is 5.56 Å². The van der Waals surface area contributed by atoms with E-state index in [0.717, 1.165) is 5.56 Å². The molecule has 0 saturated heterocycles. The van der Waals surface area contributed by atoms with Gasteiger partial charge < -0.3 is 10.6 Å². The lowest BCUT2D eigenvalue weighted by molar-refractivity contribution is 0.0821. The Hall–Kier alpha value is -2.28. The smallest absolute Gasteiger partial charge is 0.273 e. The summed E-state index contributed by atoms with van der Waals surface area (Å²) in [5.41, 5.74) is 7.66. The van der Waals surface area contributed by atoms with Crippen molar-refractivity contribution in [2.24, 2.45) is 5.73 Å². The molecule has 0 aromatic carbocycles. The normalized spacial score (nSPS) is 10.3. The van der Waals surface area contributed by atoms with Crippen LogP contribution in [0.2, 0.25) is 0 Å².